The number of rotatable bonds is 7. The van der Waals surface area contributed by atoms with E-state index in [1.165, 1.54) is 23.3 Å². The number of amides is 1. The van der Waals surface area contributed by atoms with Crippen molar-refractivity contribution in [2.24, 2.45) is 0 Å². The van der Waals surface area contributed by atoms with E-state index < -0.39 is 29.6 Å². The summed E-state index contributed by atoms with van der Waals surface area (Å²) in [6, 6.07) is 6.44. The summed E-state index contributed by atoms with van der Waals surface area (Å²) in [6.45, 7) is 2.98. The average molecular weight is 548 g/mol. The van der Waals surface area contributed by atoms with Crippen molar-refractivity contribution in [1.29, 1.82) is 5.41 Å². The van der Waals surface area contributed by atoms with Crippen LogP contribution in [-0.2, 0) is 14.3 Å². The zero-order valence-electron chi connectivity index (χ0n) is 19.8. The van der Waals surface area contributed by atoms with Crippen LogP contribution in [0.25, 0.3) is 10.6 Å². The molecule has 2 unspecified atom stereocenters. The fourth-order valence-corrected chi connectivity index (χ4v) is 5.77. The van der Waals surface area contributed by atoms with Crippen LogP contribution >= 0.6 is 22.9 Å². The Labute approximate surface area is 221 Å². The standard InChI is InChI=1S/C25H24ClF2N5O3S/c1-35-13-20(33-24(34)22(31-25(33)29)15-8-16(27)11-17(28)9-15)14-2-3-19(26)18(10-14)23-30-12-21(37-23)32-4-6-36-7-5-32/h2-3,8-12,20,22H,4-7,13H2,1H3,(H2,29,31). The maximum absolute atomic E-state index is 13.8. The van der Waals surface area contributed by atoms with E-state index in [1.807, 2.05) is 12.3 Å². The van der Waals surface area contributed by atoms with Gasteiger partial charge >= 0.3 is 0 Å². The van der Waals surface area contributed by atoms with E-state index >= 15 is 0 Å². The number of guanidine groups is 1. The Kier molecular flexibility index (Phi) is 7.38. The summed E-state index contributed by atoms with van der Waals surface area (Å²) in [5.74, 6) is -2.31. The highest BCUT2D eigenvalue weighted by Crippen LogP contribution is 2.38. The smallest absolute Gasteiger partial charge is 0.257 e. The lowest BCUT2D eigenvalue weighted by Gasteiger charge is -2.27. The van der Waals surface area contributed by atoms with Crippen LogP contribution in [0.15, 0.2) is 42.6 Å². The molecule has 1 amide bonds. The topological polar surface area (TPSA) is 90.8 Å². The number of hydrogen-bond donors (Lipinski definition) is 2. The first-order chi connectivity index (χ1) is 17.9. The molecule has 3 heterocycles. The summed E-state index contributed by atoms with van der Waals surface area (Å²) in [5, 5.41) is 13.4. The molecular formula is C25H24ClF2N5O3S. The molecule has 0 aliphatic carbocycles. The number of nitrogens with zero attached hydrogens (tertiary/aromatic N) is 3. The van der Waals surface area contributed by atoms with Crippen molar-refractivity contribution in [1.82, 2.24) is 15.2 Å². The second-order valence-corrected chi connectivity index (χ2v) is 10.1. The third kappa shape index (κ3) is 5.17. The Morgan fingerprint density at radius 3 is 2.68 bits per heavy atom. The maximum Gasteiger partial charge on any atom is 0.257 e. The van der Waals surface area contributed by atoms with Crippen LogP contribution in [0.1, 0.15) is 23.2 Å². The summed E-state index contributed by atoms with van der Waals surface area (Å²) >= 11 is 8.06. The van der Waals surface area contributed by atoms with Crippen LogP contribution < -0.4 is 10.2 Å². The first-order valence-electron chi connectivity index (χ1n) is 11.6. The number of hydrogen-bond acceptors (Lipinski definition) is 7. The van der Waals surface area contributed by atoms with Crippen LogP contribution in [0.5, 0.6) is 0 Å². The van der Waals surface area contributed by atoms with Crippen molar-refractivity contribution >= 4 is 39.8 Å². The number of carbonyl (C=O) groups excluding carboxylic acids is 1. The fourth-order valence-electron chi connectivity index (χ4n) is 4.51. The SMILES string of the molecule is COCC(c1ccc(Cl)c(-c2ncc(N3CCOCC3)s2)c1)N1C(=N)NC(c2cc(F)cc(F)c2)C1=O. The molecule has 0 saturated carbocycles. The number of methoxy groups -OCH3 is 1. The minimum absolute atomic E-state index is 0.0814. The first-order valence-corrected chi connectivity index (χ1v) is 12.8. The molecule has 2 aromatic carbocycles. The second kappa shape index (κ2) is 10.7. The molecule has 2 N–H and O–H groups in total. The molecule has 2 atom stereocenters. The molecule has 12 heteroatoms. The van der Waals surface area contributed by atoms with Gasteiger partial charge in [0.2, 0.25) is 0 Å². The van der Waals surface area contributed by atoms with Crippen LogP contribution in [0, 0.1) is 17.0 Å². The van der Waals surface area contributed by atoms with Crippen molar-refractivity contribution in [3.8, 4) is 10.6 Å². The van der Waals surface area contributed by atoms with Gasteiger partial charge in [-0.2, -0.15) is 0 Å². The van der Waals surface area contributed by atoms with Crippen LogP contribution in [0.2, 0.25) is 5.02 Å². The van der Waals surface area contributed by atoms with Gasteiger partial charge in [0.1, 0.15) is 27.7 Å². The summed E-state index contributed by atoms with van der Waals surface area (Å²) < 4.78 is 38.5. The van der Waals surface area contributed by atoms with Gasteiger partial charge in [-0.05, 0) is 35.4 Å². The van der Waals surface area contributed by atoms with Gasteiger partial charge in [-0.1, -0.05) is 29.0 Å². The Hall–Kier alpha value is -3.12. The molecular weight excluding hydrogens is 524 g/mol. The predicted molar refractivity (Wildman–Crippen MR) is 137 cm³/mol. The number of benzene rings is 2. The molecule has 2 aliphatic heterocycles. The lowest BCUT2D eigenvalue weighted by molar-refractivity contribution is -0.129. The first kappa shape index (κ1) is 25.5. The van der Waals surface area contributed by atoms with Gasteiger partial charge in [-0.3, -0.25) is 15.1 Å². The number of ether oxygens (including phenoxy) is 2. The van der Waals surface area contributed by atoms with E-state index in [0.29, 0.717) is 29.4 Å². The van der Waals surface area contributed by atoms with Gasteiger partial charge in [0.15, 0.2) is 5.96 Å². The lowest BCUT2D eigenvalue weighted by atomic mass is 10.0. The minimum atomic E-state index is -1.10. The zero-order valence-corrected chi connectivity index (χ0v) is 21.4. The maximum atomic E-state index is 13.8. The molecule has 37 heavy (non-hydrogen) atoms. The normalized spacial score (nSPS) is 18.9. The van der Waals surface area contributed by atoms with Crippen molar-refractivity contribution in [3.63, 3.8) is 0 Å². The number of morpholine rings is 1. The summed E-state index contributed by atoms with van der Waals surface area (Å²) in [6.07, 6.45) is 1.81. The van der Waals surface area contributed by atoms with E-state index in [1.54, 1.807) is 12.1 Å². The van der Waals surface area contributed by atoms with E-state index in [4.69, 9.17) is 26.5 Å². The molecule has 0 spiro atoms. The van der Waals surface area contributed by atoms with E-state index in [2.05, 4.69) is 15.2 Å². The molecule has 2 saturated heterocycles. The molecule has 0 bridgehead atoms. The highest BCUT2D eigenvalue weighted by atomic mass is 35.5. The Balaban J connectivity index is 1.45. The number of aromatic nitrogens is 1. The lowest BCUT2D eigenvalue weighted by Crippen LogP contribution is -2.37. The molecule has 8 nitrogen and oxygen atoms in total. The number of carbonyl (C=O) groups is 1. The van der Waals surface area contributed by atoms with Gasteiger partial charge in [-0.15, -0.1) is 0 Å². The number of anilines is 1. The zero-order chi connectivity index (χ0) is 26.1. The highest BCUT2D eigenvalue weighted by Gasteiger charge is 2.41. The van der Waals surface area contributed by atoms with E-state index in [9.17, 15) is 13.6 Å². The van der Waals surface area contributed by atoms with Crippen LogP contribution in [0.4, 0.5) is 13.8 Å². The van der Waals surface area contributed by atoms with Gasteiger partial charge in [-0.25, -0.2) is 13.8 Å². The third-order valence-corrected chi connectivity index (χ3v) is 7.70. The fraction of sp³-hybridized carbons (Fsp3) is 0.320. The largest absolute Gasteiger partial charge is 0.382 e. The highest BCUT2D eigenvalue weighted by molar-refractivity contribution is 7.19. The molecule has 2 aliphatic rings. The number of thiazole rings is 1. The monoisotopic (exact) mass is 547 g/mol. The minimum Gasteiger partial charge on any atom is -0.382 e. The molecule has 194 valence electrons. The van der Waals surface area contributed by atoms with Crippen molar-refractivity contribution in [2.75, 3.05) is 44.9 Å². The van der Waals surface area contributed by atoms with Crippen molar-refractivity contribution in [3.05, 3.63) is 70.4 Å². The van der Waals surface area contributed by atoms with E-state index in [0.717, 1.165) is 41.3 Å². The summed E-state index contributed by atoms with van der Waals surface area (Å²) in [7, 11) is 1.50. The van der Waals surface area contributed by atoms with Gasteiger partial charge in [0.25, 0.3) is 5.91 Å². The van der Waals surface area contributed by atoms with E-state index in [-0.39, 0.29) is 18.1 Å². The molecule has 1 aromatic heterocycles. The molecule has 3 aromatic rings. The molecule has 2 fully saturated rings. The van der Waals surface area contributed by atoms with Crippen LogP contribution in [0.3, 0.4) is 0 Å². The van der Waals surface area contributed by atoms with Crippen molar-refractivity contribution in [2.45, 2.75) is 12.1 Å². The Bertz CT molecular complexity index is 1310. The molecule has 5 rings (SSSR count). The quantitative estimate of drug-likeness (QED) is 0.456. The summed E-state index contributed by atoms with van der Waals surface area (Å²) in [5.41, 5.74) is 1.47. The third-order valence-electron chi connectivity index (χ3n) is 6.28. The number of nitrogens with one attached hydrogen (secondary N) is 2. The van der Waals surface area contributed by atoms with Gasteiger partial charge in [0.05, 0.1) is 37.1 Å². The van der Waals surface area contributed by atoms with Gasteiger partial charge < -0.3 is 19.7 Å². The summed E-state index contributed by atoms with van der Waals surface area (Å²) in [4.78, 5) is 21.4. The Morgan fingerprint density at radius 2 is 1.97 bits per heavy atom. The molecule has 0 radical (unpaired) electrons. The van der Waals surface area contributed by atoms with Crippen molar-refractivity contribution < 1.29 is 23.0 Å². The predicted octanol–water partition coefficient (Wildman–Crippen LogP) is 4.37. The average Bonchev–Trinajstić information content (AvgIpc) is 3.48. The van der Waals surface area contributed by atoms with Crippen LogP contribution in [-0.4, -0.2) is 61.8 Å². The van der Waals surface area contributed by atoms with Gasteiger partial charge in [0, 0.05) is 31.8 Å². The number of halogens is 3. The Morgan fingerprint density at radius 1 is 1.24 bits per heavy atom. The second-order valence-electron chi connectivity index (χ2n) is 8.65.